The Bertz CT molecular complexity index is 1120. The van der Waals surface area contributed by atoms with E-state index in [-0.39, 0.29) is 23.6 Å². The van der Waals surface area contributed by atoms with Gasteiger partial charge in [0, 0.05) is 54.8 Å². The molecule has 2 fully saturated rings. The number of aromatic amines is 1. The Morgan fingerprint density at radius 3 is 2.93 bits per heavy atom. The van der Waals surface area contributed by atoms with Crippen LogP contribution in [0.2, 0.25) is 0 Å². The number of benzene rings is 1. The van der Waals surface area contributed by atoms with Gasteiger partial charge in [-0.25, -0.2) is 9.48 Å². The third kappa shape index (κ3) is 3.45. The standard InChI is InChI=1S/C22H27N5O3/c1-30-12-11-26-22(29)27(18-5-6-18)20(24-26)17-3-2-10-25(14-17)21(28)16-4-7-19-15(13-16)8-9-23-19/h4,7-9,13,17-18,23H,2-3,5-6,10-12,14H2,1H3. The molecule has 0 bridgehead atoms. The van der Waals surface area contributed by atoms with Crippen LogP contribution in [0.5, 0.6) is 0 Å². The van der Waals surface area contributed by atoms with Crippen molar-refractivity contribution in [2.45, 2.75) is 44.2 Å². The first-order valence-corrected chi connectivity index (χ1v) is 10.7. The fourth-order valence-electron chi connectivity index (χ4n) is 4.46. The van der Waals surface area contributed by atoms with Gasteiger partial charge in [-0.1, -0.05) is 0 Å². The summed E-state index contributed by atoms with van der Waals surface area (Å²) >= 11 is 0. The summed E-state index contributed by atoms with van der Waals surface area (Å²) in [6, 6.07) is 8.01. The van der Waals surface area contributed by atoms with Crippen molar-refractivity contribution in [3.8, 4) is 0 Å². The Balaban J connectivity index is 1.40. The summed E-state index contributed by atoms with van der Waals surface area (Å²) in [5, 5.41) is 5.71. The summed E-state index contributed by atoms with van der Waals surface area (Å²) < 4.78 is 8.53. The van der Waals surface area contributed by atoms with Gasteiger partial charge in [-0.15, -0.1) is 0 Å². The Morgan fingerprint density at radius 1 is 1.27 bits per heavy atom. The zero-order valence-corrected chi connectivity index (χ0v) is 17.2. The number of rotatable bonds is 6. The van der Waals surface area contributed by atoms with E-state index in [1.807, 2.05) is 39.9 Å². The summed E-state index contributed by atoms with van der Waals surface area (Å²) in [7, 11) is 1.62. The molecule has 3 heterocycles. The quantitative estimate of drug-likeness (QED) is 0.678. The van der Waals surface area contributed by atoms with Crippen molar-refractivity contribution in [2.75, 3.05) is 26.8 Å². The van der Waals surface area contributed by atoms with E-state index >= 15 is 0 Å². The third-order valence-electron chi connectivity index (χ3n) is 6.19. The van der Waals surface area contributed by atoms with Gasteiger partial charge >= 0.3 is 5.69 Å². The highest BCUT2D eigenvalue weighted by Gasteiger charge is 2.35. The van der Waals surface area contributed by atoms with Crippen LogP contribution < -0.4 is 5.69 Å². The molecule has 1 unspecified atom stereocenters. The molecule has 30 heavy (non-hydrogen) atoms. The normalized spacial score (nSPS) is 19.5. The number of fused-ring (bicyclic) bond motifs is 1. The molecule has 8 nitrogen and oxygen atoms in total. The highest BCUT2D eigenvalue weighted by Crippen LogP contribution is 2.37. The fourth-order valence-corrected chi connectivity index (χ4v) is 4.46. The molecular weight excluding hydrogens is 382 g/mol. The first kappa shape index (κ1) is 19.1. The lowest BCUT2D eigenvalue weighted by molar-refractivity contribution is 0.0703. The van der Waals surface area contributed by atoms with Crippen molar-refractivity contribution in [1.82, 2.24) is 24.2 Å². The summed E-state index contributed by atoms with van der Waals surface area (Å²) in [6.45, 7) is 2.24. The van der Waals surface area contributed by atoms with E-state index in [0.29, 0.717) is 25.3 Å². The van der Waals surface area contributed by atoms with E-state index in [2.05, 4.69) is 10.1 Å². The van der Waals surface area contributed by atoms with Crippen molar-refractivity contribution in [1.29, 1.82) is 0 Å². The highest BCUT2D eigenvalue weighted by molar-refractivity contribution is 5.98. The Labute approximate surface area is 174 Å². The largest absolute Gasteiger partial charge is 0.383 e. The number of amides is 1. The van der Waals surface area contributed by atoms with Gasteiger partial charge in [0.1, 0.15) is 5.82 Å². The molecule has 1 aromatic carbocycles. The van der Waals surface area contributed by atoms with Crippen molar-refractivity contribution in [3.05, 3.63) is 52.3 Å². The van der Waals surface area contributed by atoms with Gasteiger partial charge in [-0.05, 0) is 49.9 Å². The lowest BCUT2D eigenvalue weighted by atomic mass is 9.96. The SMILES string of the molecule is COCCn1nc(C2CCCN(C(=O)c3ccc4[nH]ccc4c3)C2)n(C2CC2)c1=O. The average Bonchev–Trinajstić information content (AvgIpc) is 3.40. The summed E-state index contributed by atoms with van der Waals surface area (Å²) in [5.41, 5.74) is 1.68. The van der Waals surface area contributed by atoms with Crippen LogP contribution in [0.3, 0.4) is 0 Å². The number of piperidine rings is 1. The monoisotopic (exact) mass is 409 g/mol. The van der Waals surface area contributed by atoms with Crippen molar-refractivity contribution in [3.63, 3.8) is 0 Å². The summed E-state index contributed by atoms with van der Waals surface area (Å²) in [5.74, 6) is 0.954. The van der Waals surface area contributed by atoms with E-state index < -0.39 is 0 Å². The number of ether oxygens (including phenoxy) is 1. The minimum atomic E-state index is -0.0501. The molecule has 2 aliphatic rings. The first-order chi connectivity index (χ1) is 14.7. The number of hydrogen-bond donors (Lipinski definition) is 1. The van der Waals surface area contributed by atoms with Gasteiger partial charge in [-0.2, -0.15) is 5.10 Å². The zero-order valence-electron chi connectivity index (χ0n) is 17.2. The van der Waals surface area contributed by atoms with Crippen LogP contribution in [0, 0.1) is 0 Å². The molecule has 0 spiro atoms. The lowest BCUT2D eigenvalue weighted by Crippen LogP contribution is -2.40. The summed E-state index contributed by atoms with van der Waals surface area (Å²) in [4.78, 5) is 31.1. The predicted octanol–water partition coefficient (Wildman–Crippen LogP) is 2.53. The molecule has 1 N–H and O–H groups in total. The maximum atomic E-state index is 13.2. The zero-order chi connectivity index (χ0) is 20.7. The smallest absolute Gasteiger partial charge is 0.346 e. The number of carbonyl (C=O) groups excluding carboxylic acids is 1. The molecular formula is C22H27N5O3. The van der Waals surface area contributed by atoms with E-state index in [4.69, 9.17) is 4.74 Å². The van der Waals surface area contributed by atoms with Crippen molar-refractivity contribution in [2.24, 2.45) is 0 Å². The minimum absolute atomic E-state index is 0.0435. The molecule has 1 aliphatic carbocycles. The number of nitrogens with one attached hydrogen (secondary N) is 1. The van der Waals surface area contributed by atoms with Crippen LogP contribution in [0.15, 0.2) is 35.3 Å². The van der Waals surface area contributed by atoms with Crippen LogP contribution in [0.25, 0.3) is 10.9 Å². The molecule has 2 aromatic heterocycles. The molecule has 0 radical (unpaired) electrons. The van der Waals surface area contributed by atoms with E-state index in [9.17, 15) is 9.59 Å². The van der Waals surface area contributed by atoms with E-state index in [0.717, 1.165) is 49.0 Å². The number of H-pyrrole nitrogens is 1. The first-order valence-electron chi connectivity index (χ1n) is 10.7. The molecule has 1 saturated carbocycles. The Hall–Kier alpha value is -2.87. The Kier molecular flexibility index (Phi) is 4.94. The number of hydrogen-bond acceptors (Lipinski definition) is 4. The molecule has 5 rings (SSSR count). The molecule has 1 aliphatic heterocycles. The molecule has 1 saturated heterocycles. The average molecular weight is 409 g/mol. The number of aromatic nitrogens is 4. The van der Waals surface area contributed by atoms with Gasteiger partial charge in [0.15, 0.2) is 0 Å². The van der Waals surface area contributed by atoms with Gasteiger partial charge in [0.25, 0.3) is 5.91 Å². The third-order valence-corrected chi connectivity index (χ3v) is 6.19. The van der Waals surface area contributed by atoms with Crippen molar-refractivity contribution >= 4 is 16.8 Å². The maximum absolute atomic E-state index is 13.2. The topological polar surface area (TPSA) is 85.2 Å². The van der Waals surface area contributed by atoms with Gasteiger partial charge < -0.3 is 14.6 Å². The molecule has 158 valence electrons. The van der Waals surface area contributed by atoms with Crippen LogP contribution in [-0.4, -0.2) is 56.9 Å². The second kappa shape index (κ2) is 7.75. The number of nitrogens with zero attached hydrogens (tertiary/aromatic N) is 4. The van der Waals surface area contributed by atoms with Crippen LogP contribution in [0.4, 0.5) is 0 Å². The predicted molar refractivity (Wildman–Crippen MR) is 113 cm³/mol. The molecule has 1 atom stereocenters. The molecule has 1 amide bonds. The molecule has 3 aromatic rings. The maximum Gasteiger partial charge on any atom is 0.346 e. The van der Waals surface area contributed by atoms with Gasteiger partial charge in [0.05, 0.1) is 13.2 Å². The number of carbonyl (C=O) groups is 1. The van der Waals surface area contributed by atoms with Crippen LogP contribution >= 0.6 is 0 Å². The number of likely N-dealkylation sites (tertiary alicyclic amines) is 1. The number of methoxy groups -OCH3 is 1. The van der Waals surface area contributed by atoms with Crippen LogP contribution in [-0.2, 0) is 11.3 Å². The van der Waals surface area contributed by atoms with Gasteiger partial charge in [-0.3, -0.25) is 9.36 Å². The van der Waals surface area contributed by atoms with E-state index in [1.165, 1.54) is 4.68 Å². The lowest BCUT2D eigenvalue weighted by Gasteiger charge is -2.32. The van der Waals surface area contributed by atoms with Crippen LogP contribution in [0.1, 0.15) is 53.8 Å². The minimum Gasteiger partial charge on any atom is -0.383 e. The highest BCUT2D eigenvalue weighted by atomic mass is 16.5. The second-order valence-electron chi connectivity index (χ2n) is 8.33. The van der Waals surface area contributed by atoms with Gasteiger partial charge in [0.2, 0.25) is 0 Å². The second-order valence-corrected chi connectivity index (χ2v) is 8.33. The van der Waals surface area contributed by atoms with E-state index in [1.54, 1.807) is 7.11 Å². The summed E-state index contributed by atoms with van der Waals surface area (Å²) in [6.07, 6.45) is 5.78. The van der Waals surface area contributed by atoms with Crippen molar-refractivity contribution < 1.29 is 9.53 Å². The molecule has 8 heteroatoms. The Morgan fingerprint density at radius 2 is 2.13 bits per heavy atom. The fraction of sp³-hybridized carbons (Fsp3) is 0.500.